The molecule has 128 valence electrons. The van der Waals surface area contributed by atoms with Gasteiger partial charge in [0.05, 0.1) is 6.54 Å². The van der Waals surface area contributed by atoms with Crippen molar-refractivity contribution in [3.8, 4) is 5.75 Å². The standard InChI is InChI=1S/C15H12BrF3N2O3/c16-9-1-3-10(4-2-9)24-8-7-21-12(15(17,18)19)6-5-11(13(20)22)14(21)23/h1-6H,7-8H2,(H2,20,22). The fraction of sp³-hybridized carbons (Fsp3) is 0.200. The lowest BCUT2D eigenvalue weighted by molar-refractivity contribution is -0.144. The molecule has 0 unspecified atom stereocenters. The van der Waals surface area contributed by atoms with Gasteiger partial charge in [0.25, 0.3) is 11.5 Å². The van der Waals surface area contributed by atoms with Crippen LogP contribution in [0.3, 0.4) is 0 Å². The van der Waals surface area contributed by atoms with Crippen molar-refractivity contribution in [2.75, 3.05) is 6.61 Å². The molecule has 2 aromatic rings. The predicted molar refractivity (Wildman–Crippen MR) is 83.9 cm³/mol. The van der Waals surface area contributed by atoms with E-state index in [1.165, 1.54) is 0 Å². The molecule has 1 aromatic heterocycles. The molecule has 1 aromatic carbocycles. The molecule has 0 radical (unpaired) electrons. The van der Waals surface area contributed by atoms with Gasteiger partial charge in [0.15, 0.2) is 0 Å². The van der Waals surface area contributed by atoms with Crippen molar-refractivity contribution in [1.82, 2.24) is 4.57 Å². The van der Waals surface area contributed by atoms with Gasteiger partial charge in [-0.25, -0.2) is 0 Å². The third-order valence-corrected chi connectivity index (χ3v) is 3.66. The van der Waals surface area contributed by atoms with Crippen molar-refractivity contribution in [2.24, 2.45) is 5.73 Å². The molecule has 0 aliphatic heterocycles. The first-order valence-electron chi connectivity index (χ1n) is 6.69. The van der Waals surface area contributed by atoms with Crippen LogP contribution >= 0.6 is 15.9 Å². The minimum atomic E-state index is -4.74. The van der Waals surface area contributed by atoms with E-state index in [0.717, 1.165) is 10.5 Å². The number of benzene rings is 1. The molecular formula is C15H12BrF3N2O3. The molecule has 2 N–H and O–H groups in total. The van der Waals surface area contributed by atoms with E-state index in [9.17, 15) is 22.8 Å². The van der Waals surface area contributed by atoms with Crippen molar-refractivity contribution in [1.29, 1.82) is 0 Å². The molecule has 0 atom stereocenters. The van der Waals surface area contributed by atoms with Crippen LogP contribution in [0, 0.1) is 0 Å². The van der Waals surface area contributed by atoms with E-state index in [0.29, 0.717) is 16.4 Å². The second-order valence-corrected chi connectivity index (χ2v) is 5.67. The number of aromatic nitrogens is 1. The van der Waals surface area contributed by atoms with Gasteiger partial charge in [-0.2, -0.15) is 13.2 Å². The van der Waals surface area contributed by atoms with Crippen LogP contribution in [0.25, 0.3) is 0 Å². The second kappa shape index (κ2) is 7.08. The Kier molecular flexibility index (Phi) is 5.33. The van der Waals surface area contributed by atoms with Crippen molar-refractivity contribution >= 4 is 21.8 Å². The lowest BCUT2D eigenvalue weighted by Crippen LogP contribution is -2.35. The lowest BCUT2D eigenvalue weighted by atomic mass is 10.2. The fourth-order valence-corrected chi connectivity index (χ4v) is 2.29. The normalized spacial score (nSPS) is 11.3. The SMILES string of the molecule is NC(=O)c1ccc(C(F)(F)F)n(CCOc2ccc(Br)cc2)c1=O. The maximum atomic E-state index is 13.0. The van der Waals surface area contributed by atoms with Gasteiger partial charge >= 0.3 is 6.18 Å². The summed E-state index contributed by atoms with van der Waals surface area (Å²) in [6, 6.07) is 8.09. The summed E-state index contributed by atoms with van der Waals surface area (Å²) in [6.45, 7) is -0.572. The van der Waals surface area contributed by atoms with E-state index < -0.39 is 28.9 Å². The van der Waals surface area contributed by atoms with E-state index in [1.807, 2.05) is 0 Å². The van der Waals surface area contributed by atoms with Crippen LogP contribution in [0.2, 0.25) is 0 Å². The molecule has 5 nitrogen and oxygen atoms in total. The molecule has 24 heavy (non-hydrogen) atoms. The number of halogens is 4. The highest BCUT2D eigenvalue weighted by Crippen LogP contribution is 2.28. The smallest absolute Gasteiger partial charge is 0.431 e. The summed E-state index contributed by atoms with van der Waals surface area (Å²) >= 11 is 3.24. The quantitative estimate of drug-likeness (QED) is 0.832. The van der Waals surface area contributed by atoms with Gasteiger partial charge in [-0.05, 0) is 36.4 Å². The summed E-state index contributed by atoms with van der Waals surface area (Å²) in [5, 5.41) is 0. The van der Waals surface area contributed by atoms with E-state index >= 15 is 0 Å². The molecule has 0 bridgehead atoms. The molecule has 1 heterocycles. The van der Waals surface area contributed by atoms with Gasteiger partial charge in [0.2, 0.25) is 0 Å². The van der Waals surface area contributed by atoms with Crippen LogP contribution in [-0.4, -0.2) is 17.1 Å². The Balaban J connectivity index is 2.26. The molecule has 2 rings (SSSR count). The monoisotopic (exact) mass is 404 g/mol. The predicted octanol–water partition coefficient (Wildman–Crippen LogP) is 2.81. The van der Waals surface area contributed by atoms with Crippen molar-refractivity contribution in [2.45, 2.75) is 12.7 Å². The molecule has 9 heteroatoms. The van der Waals surface area contributed by atoms with Gasteiger partial charge in [0, 0.05) is 4.47 Å². The Bertz CT molecular complexity index is 801. The Hall–Kier alpha value is -2.29. The third-order valence-electron chi connectivity index (χ3n) is 3.13. The summed E-state index contributed by atoms with van der Waals surface area (Å²) < 4.78 is 45.7. The van der Waals surface area contributed by atoms with Crippen molar-refractivity contribution in [3.05, 3.63) is 62.5 Å². The first kappa shape index (κ1) is 18.1. The summed E-state index contributed by atoms with van der Waals surface area (Å²) in [5.74, 6) is -0.651. The first-order chi connectivity index (χ1) is 11.2. The molecule has 0 saturated carbocycles. The molecule has 1 amide bonds. The summed E-state index contributed by atoms with van der Waals surface area (Å²) in [6.07, 6.45) is -4.74. The number of nitrogens with two attached hydrogens (primary N) is 1. The maximum Gasteiger partial charge on any atom is 0.431 e. The van der Waals surface area contributed by atoms with Gasteiger partial charge in [-0.1, -0.05) is 15.9 Å². The summed E-state index contributed by atoms with van der Waals surface area (Å²) in [5.41, 5.74) is 2.23. The Morgan fingerprint density at radius 3 is 2.33 bits per heavy atom. The van der Waals surface area contributed by atoms with E-state index in [1.54, 1.807) is 24.3 Å². The largest absolute Gasteiger partial charge is 0.492 e. The van der Waals surface area contributed by atoms with Crippen LogP contribution in [0.15, 0.2) is 45.7 Å². The Morgan fingerprint density at radius 1 is 1.17 bits per heavy atom. The van der Waals surface area contributed by atoms with Gasteiger partial charge in [-0.15, -0.1) is 0 Å². The number of primary amides is 1. The molecule has 0 saturated heterocycles. The fourth-order valence-electron chi connectivity index (χ4n) is 2.02. The number of amides is 1. The summed E-state index contributed by atoms with van der Waals surface area (Å²) in [7, 11) is 0. The maximum absolute atomic E-state index is 13.0. The topological polar surface area (TPSA) is 74.3 Å². The third kappa shape index (κ3) is 4.16. The number of alkyl halides is 3. The number of nitrogens with zero attached hydrogens (tertiary/aromatic N) is 1. The number of rotatable bonds is 5. The first-order valence-corrected chi connectivity index (χ1v) is 7.48. The second-order valence-electron chi connectivity index (χ2n) is 4.75. The average Bonchev–Trinajstić information content (AvgIpc) is 2.49. The minimum Gasteiger partial charge on any atom is -0.492 e. The van der Waals surface area contributed by atoms with Crippen LogP contribution in [0.4, 0.5) is 13.2 Å². The van der Waals surface area contributed by atoms with Crippen LogP contribution in [-0.2, 0) is 12.7 Å². The molecule has 0 fully saturated rings. The zero-order valence-electron chi connectivity index (χ0n) is 12.1. The summed E-state index contributed by atoms with van der Waals surface area (Å²) in [4.78, 5) is 23.2. The number of carbonyl (C=O) groups is 1. The Labute approximate surface area is 143 Å². The number of hydrogen-bond acceptors (Lipinski definition) is 3. The van der Waals surface area contributed by atoms with Crippen molar-refractivity contribution < 1.29 is 22.7 Å². The van der Waals surface area contributed by atoms with Crippen molar-refractivity contribution in [3.63, 3.8) is 0 Å². The van der Waals surface area contributed by atoms with Gasteiger partial charge in [0.1, 0.15) is 23.6 Å². The number of carbonyl (C=O) groups excluding carboxylic acids is 1. The van der Waals surface area contributed by atoms with Crippen LogP contribution in [0.5, 0.6) is 5.75 Å². The van der Waals surface area contributed by atoms with E-state index in [4.69, 9.17) is 10.5 Å². The lowest BCUT2D eigenvalue weighted by Gasteiger charge is -2.16. The number of hydrogen-bond donors (Lipinski definition) is 1. The van der Waals surface area contributed by atoms with Gasteiger partial charge in [-0.3, -0.25) is 9.59 Å². The van der Waals surface area contributed by atoms with E-state index in [2.05, 4.69) is 15.9 Å². The molecule has 0 aliphatic carbocycles. The number of ether oxygens (including phenoxy) is 1. The minimum absolute atomic E-state index is 0.188. The van der Waals surface area contributed by atoms with Crippen LogP contribution < -0.4 is 16.0 Å². The molecule has 0 aliphatic rings. The highest BCUT2D eigenvalue weighted by atomic mass is 79.9. The molecule has 0 spiro atoms. The Morgan fingerprint density at radius 2 is 1.79 bits per heavy atom. The highest BCUT2D eigenvalue weighted by Gasteiger charge is 2.35. The van der Waals surface area contributed by atoms with E-state index in [-0.39, 0.29) is 13.2 Å². The number of pyridine rings is 1. The van der Waals surface area contributed by atoms with Crippen LogP contribution in [0.1, 0.15) is 16.1 Å². The average molecular weight is 405 g/mol. The highest BCUT2D eigenvalue weighted by molar-refractivity contribution is 9.10. The zero-order chi connectivity index (χ0) is 17.9. The van der Waals surface area contributed by atoms with Gasteiger partial charge < -0.3 is 15.0 Å². The zero-order valence-corrected chi connectivity index (χ0v) is 13.7. The molecular weight excluding hydrogens is 393 g/mol.